The molecule has 3 heterocycles. The summed E-state index contributed by atoms with van der Waals surface area (Å²) in [4.78, 5) is 14.7. The summed E-state index contributed by atoms with van der Waals surface area (Å²) in [5, 5.41) is 0.625. The molecule has 0 saturated carbocycles. The van der Waals surface area contributed by atoms with Gasteiger partial charge in [-0.15, -0.1) is 0 Å². The monoisotopic (exact) mass is 401 g/mol. The van der Waals surface area contributed by atoms with Gasteiger partial charge >= 0.3 is 0 Å². The summed E-state index contributed by atoms with van der Waals surface area (Å²) in [7, 11) is 0. The van der Waals surface area contributed by atoms with Gasteiger partial charge in [0.2, 0.25) is 12.9 Å². The van der Waals surface area contributed by atoms with Crippen LogP contribution in [-0.2, 0) is 9.53 Å². The fourth-order valence-corrected chi connectivity index (χ4v) is 4.08. The summed E-state index contributed by atoms with van der Waals surface area (Å²) in [5.74, 6) is 1.99. The number of rotatable bonds is 5. The molecule has 5 rings (SSSR count). The molecule has 0 aliphatic carbocycles. The average Bonchev–Trinajstić information content (AvgIpc) is 3.39. The van der Waals surface area contributed by atoms with E-state index >= 15 is 0 Å². The molecule has 2 saturated heterocycles. The lowest BCUT2D eigenvalue weighted by molar-refractivity contribution is -0.167. The summed E-state index contributed by atoms with van der Waals surface area (Å²) in [6.45, 7) is 1.54. The molecule has 6 nitrogen and oxygen atoms in total. The number of halogens is 1. The van der Waals surface area contributed by atoms with Gasteiger partial charge < -0.3 is 23.8 Å². The Bertz CT molecular complexity index is 881. The van der Waals surface area contributed by atoms with Crippen LogP contribution in [0.25, 0.3) is 0 Å². The van der Waals surface area contributed by atoms with Crippen LogP contribution in [-0.4, -0.2) is 43.0 Å². The van der Waals surface area contributed by atoms with E-state index in [0.717, 1.165) is 30.8 Å². The van der Waals surface area contributed by atoms with Crippen LogP contribution < -0.4 is 14.2 Å². The quantitative estimate of drug-likeness (QED) is 0.717. The fraction of sp³-hybridized carbons (Fsp3) is 0.381. The summed E-state index contributed by atoms with van der Waals surface area (Å²) in [5.41, 5.74) is 0.959. The lowest BCUT2D eigenvalue weighted by Gasteiger charge is -2.47. The van der Waals surface area contributed by atoms with E-state index in [0.29, 0.717) is 23.1 Å². The Labute approximate surface area is 167 Å². The molecule has 3 aliphatic heterocycles. The minimum atomic E-state index is -0.594. The first-order valence-electron chi connectivity index (χ1n) is 9.43. The van der Waals surface area contributed by atoms with Crippen LogP contribution >= 0.6 is 11.6 Å². The summed E-state index contributed by atoms with van der Waals surface area (Å²) in [6, 6.07) is 12.6. The molecule has 0 spiro atoms. The van der Waals surface area contributed by atoms with Crippen molar-refractivity contribution in [2.24, 2.45) is 0 Å². The zero-order valence-electron chi connectivity index (χ0n) is 15.2. The maximum Gasteiger partial charge on any atom is 0.266 e. The van der Waals surface area contributed by atoms with Crippen molar-refractivity contribution in [2.45, 2.75) is 31.1 Å². The highest BCUT2D eigenvalue weighted by Crippen LogP contribution is 2.42. The second-order valence-corrected chi connectivity index (χ2v) is 7.61. The molecule has 0 bridgehead atoms. The van der Waals surface area contributed by atoms with Crippen molar-refractivity contribution in [3.05, 3.63) is 53.1 Å². The third-order valence-corrected chi connectivity index (χ3v) is 5.64. The molecule has 146 valence electrons. The molecular weight excluding hydrogens is 382 g/mol. The number of carbonyl (C=O) groups is 1. The van der Waals surface area contributed by atoms with Crippen LogP contribution in [0.5, 0.6) is 17.2 Å². The lowest BCUT2D eigenvalue weighted by Crippen LogP contribution is -2.62. The van der Waals surface area contributed by atoms with Gasteiger partial charge in [-0.3, -0.25) is 4.79 Å². The number of likely N-dealkylation sites (tertiary alicyclic amines) is 1. The zero-order chi connectivity index (χ0) is 19.1. The number of carbonyl (C=O) groups excluding carboxylic acids is 1. The molecule has 2 fully saturated rings. The highest BCUT2D eigenvalue weighted by Gasteiger charge is 2.51. The van der Waals surface area contributed by atoms with Crippen molar-refractivity contribution in [3.63, 3.8) is 0 Å². The van der Waals surface area contributed by atoms with Crippen molar-refractivity contribution in [3.8, 4) is 17.2 Å². The Hall–Kier alpha value is -2.44. The SMILES string of the molecule is O=C1[C@H](Oc2ccc(Cl)cc2)[C@@H](c2ccc3c(c2)OCO3)N1C[C@@H]1CCCO1. The van der Waals surface area contributed by atoms with E-state index < -0.39 is 6.10 Å². The van der Waals surface area contributed by atoms with Gasteiger partial charge in [-0.2, -0.15) is 0 Å². The number of hydrogen-bond donors (Lipinski definition) is 0. The molecule has 0 radical (unpaired) electrons. The van der Waals surface area contributed by atoms with E-state index in [2.05, 4.69) is 0 Å². The number of benzene rings is 2. The Morgan fingerprint density at radius 2 is 1.93 bits per heavy atom. The van der Waals surface area contributed by atoms with E-state index in [9.17, 15) is 4.79 Å². The first-order valence-corrected chi connectivity index (χ1v) is 9.81. The van der Waals surface area contributed by atoms with Crippen molar-refractivity contribution < 1.29 is 23.7 Å². The van der Waals surface area contributed by atoms with Crippen molar-refractivity contribution in [1.29, 1.82) is 0 Å². The molecule has 7 heteroatoms. The van der Waals surface area contributed by atoms with Crippen LogP contribution in [0.4, 0.5) is 0 Å². The first kappa shape index (κ1) is 17.6. The highest BCUT2D eigenvalue weighted by molar-refractivity contribution is 6.30. The Morgan fingerprint density at radius 1 is 1.11 bits per heavy atom. The molecule has 0 aromatic heterocycles. The molecule has 28 heavy (non-hydrogen) atoms. The predicted molar refractivity (Wildman–Crippen MR) is 102 cm³/mol. The van der Waals surface area contributed by atoms with Gasteiger partial charge in [0.15, 0.2) is 11.5 Å². The van der Waals surface area contributed by atoms with Gasteiger partial charge in [-0.1, -0.05) is 17.7 Å². The third kappa shape index (κ3) is 3.16. The summed E-state index contributed by atoms with van der Waals surface area (Å²) >= 11 is 5.95. The minimum absolute atomic E-state index is 0.0342. The number of amides is 1. The van der Waals surface area contributed by atoms with Crippen LogP contribution in [0.3, 0.4) is 0 Å². The van der Waals surface area contributed by atoms with Gasteiger partial charge in [0.1, 0.15) is 11.8 Å². The second kappa shape index (κ2) is 7.18. The molecule has 3 aliphatic rings. The Balaban J connectivity index is 1.41. The predicted octanol–water partition coefficient (Wildman–Crippen LogP) is 3.58. The lowest BCUT2D eigenvalue weighted by atomic mass is 9.89. The number of β-lactam (4-membered cyclic amide) rings is 1. The second-order valence-electron chi connectivity index (χ2n) is 7.18. The van der Waals surface area contributed by atoms with Gasteiger partial charge in [0, 0.05) is 18.2 Å². The van der Waals surface area contributed by atoms with Gasteiger partial charge in [0.05, 0.1) is 6.10 Å². The van der Waals surface area contributed by atoms with Crippen LogP contribution in [0.15, 0.2) is 42.5 Å². The van der Waals surface area contributed by atoms with Crippen LogP contribution in [0.2, 0.25) is 5.02 Å². The van der Waals surface area contributed by atoms with Crippen molar-refractivity contribution >= 4 is 17.5 Å². The molecule has 0 N–H and O–H groups in total. The Morgan fingerprint density at radius 3 is 2.71 bits per heavy atom. The number of hydrogen-bond acceptors (Lipinski definition) is 5. The zero-order valence-corrected chi connectivity index (χ0v) is 15.9. The molecule has 2 aromatic rings. The normalized spacial score (nSPS) is 25.7. The molecule has 1 amide bonds. The van der Waals surface area contributed by atoms with Gasteiger partial charge in [0.25, 0.3) is 5.91 Å². The van der Waals surface area contributed by atoms with E-state index in [4.69, 9.17) is 30.5 Å². The summed E-state index contributed by atoms with van der Waals surface area (Å²) in [6.07, 6.45) is 1.49. The van der Waals surface area contributed by atoms with E-state index in [1.807, 2.05) is 23.1 Å². The van der Waals surface area contributed by atoms with Gasteiger partial charge in [-0.05, 0) is 54.8 Å². The van der Waals surface area contributed by atoms with E-state index in [1.165, 1.54) is 0 Å². The number of ether oxygens (including phenoxy) is 4. The topological polar surface area (TPSA) is 57.2 Å². The molecule has 3 atom stereocenters. The van der Waals surface area contributed by atoms with Crippen LogP contribution in [0.1, 0.15) is 24.4 Å². The average molecular weight is 402 g/mol. The van der Waals surface area contributed by atoms with E-state index in [-0.39, 0.29) is 24.8 Å². The maximum atomic E-state index is 12.9. The van der Waals surface area contributed by atoms with E-state index in [1.54, 1.807) is 24.3 Å². The molecule has 2 aromatic carbocycles. The minimum Gasteiger partial charge on any atom is -0.478 e. The van der Waals surface area contributed by atoms with Gasteiger partial charge in [-0.25, -0.2) is 0 Å². The smallest absolute Gasteiger partial charge is 0.266 e. The first-order chi connectivity index (χ1) is 13.7. The summed E-state index contributed by atoms with van der Waals surface area (Å²) < 4.78 is 22.7. The Kier molecular flexibility index (Phi) is 4.53. The van der Waals surface area contributed by atoms with Crippen molar-refractivity contribution in [2.75, 3.05) is 19.9 Å². The maximum absolute atomic E-state index is 12.9. The van der Waals surface area contributed by atoms with Crippen LogP contribution in [0, 0.1) is 0 Å². The molecular formula is C21H20ClNO5. The number of nitrogens with zero attached hydrogens (tertiary/aromatic N) is 1. The highest BCUT2D eigenvalue weighted by atomic mass is 35.5. The largest absolute Gasteiger partial charge is 0.478 e. The molecule has 0 unspecified atom stereocenters. The fourth-order valence-electron chi connectivity index (χ4n) is 3.95. The third-order valence-electron chi connectivity index (χ3n) is 5.39. The standard InChI is InChI=1S/C21H20ClNO5/c22-14-4-6-15(7-5-14)28-20-19(13-3-8-17-18(10-13)27-12-26-17)23(21(20)24)11-16-2-1-9-25-16/h3-8,10,16,19-20H,1-2,9,11-12H2/t16-,19+,20+/m0/s1. The van der Waals surface area contributed by atoms with Crippen molar-refractivity contribution in [1.82, 2.24) is 4.90 Å². The number of fused-ring (bicyclic) bond motifs is 1.